The van der Waals surface area contributed by atoms with Crippen molar-refractivity contribution >= 4 is 39.1 Å². The highest BCUT2D eigenvalue weighted by molar-refractivity contribution is 9.10. The van der Waals surface area contributed by atoms with Crippen LogP contribution < -0.4 is 0 Å². The molecule has 0 spiro atoms. The molecule has 1 aliphatic heterocycles. The van der Waals surface area contributed by atoms with Gasteiger partial charge in [0.2, 0.25) is 5.82 Å². The van der Waals surface area contributed by atoms with E-state index in [1.807, 2.05) is 0 Å². The van der Waals surface area contributed by atoms with Gasteiger partial charge in [0.25, 0.3) is 5.91 Å². The topological polar surface area (TPSA) is 50.5 Å². The van der Waals surface area contributed by atoms with Crippen LogP contribution in [0.3, 0.4) is 0 Å². The van der Waals surface area contributed by atoms with Crippen LogP contribution in [0.1, 0.15) is 40.5 Å². The highest BCUT2D eigenvalue weighted by atomic mass is 79.9. The monoisotopic (exact) mass is 486 g/mol. The van der Waals surface area contributed by atoms with Crippen molar-refractivity contribution in [3.63, 3.8) is 0 Å². The number of alkyl halides is 3. The molecule has 1 aromatic carbocycles. The van der Waals surface area contributed by atoms with E-state index in [2.05, 4.69) is 26.1 Å². The maximum absolute atomic E-state index is 13.5. The smallest absolute Gasteiger partial charge is 0.336 e. The number of nitrogens with zero attached hydrogens (tertiary/aromatic N) is 4. The second-order valence-electron chi connectivity index (χ2n) is 6.87. The molecule has 3 aromatic rings. The van der Waals surface area contributed by atoms with Crippen molar-refractivity contribution in [2.45, 2.75) is 24.9 Å². The Labute approximate surface area is 177 Å². The quantitative estimate of drug-likeness (QED) is 0.500. The summed E-state index contributed by atoms with van der Waals surface area (Å²) in [6.45, 7) is 0.659. The van der Waals surface area contributed by atoms with E-state index in [4.69, 9.17) is 11.6 Å². The molecule has 3 heterocycles. The Morgan fingerprint density at radius 1 is 1.14 bits per heavy atom. The van der Waals surface area contributed by atoms with Gasteiger partial charge in [-0.3, -0.25) is 9.20 Å². The van der Waals surface area contributed by atoms with Crippen LogP contribution in [-0.2, 0) is 6.18 Å². The lowest BCUT2D eigenvalue weighted by atomic mass is 9.86. The van der Waals surface area contributed by atoms with Gasteiger partial charge in [-0.2, -0.15) is 13.2 Å². The van der Waals surface area contributed by atoms with Gasteiger partial charge in [0.1, 0.15) is 0 Å². The number of carbonyl (C=O) groups is 1. The Morgan fingerprint density at radius 2 is 1.86 bits per heavy atom. The van der Waals surface area contributed by atoms with E-state index in [0.29, 0.717) is 31.6 Å². The van der Waals surface area contributed by atoms with Gasteiger partial charge in [-0.15, -0.1) is 10.2 Å². The number of hydrogen-bond acceptors (Lipinski definition) is 3. The molecular formula is C19H15BrClF3N4O. The van der Waals surface area contributed by atoms with Crippen molar-refractivity contribution in [1.82, 2.24) is 19.5 Å². The standard InChI is InChI=1S/C19H15BrClF3N4O/c20-12-4-5-15-25-26-17(28(15)10-12)18(29)27-8-6-11(7-9-27)13-2-1-3-14(21)16(13)19(22,23)24/h1-5,10-11H,6-9H2. The predicted molar refractivity (Wildman–Crippen MR) is 105 cm³/mol. The number of halogens is 5. The second-order valence-corrected chi connectivity index (χ2v) is 8.19. The van der Waals surface area contributed by atoms with E-state index in [9.17, 15) is 18.0 Å². The largest absolute Gasteiger partial charge is 0.418 e. The Bertz CT molecular complexity index is 1080. The van der Waals surface area contributed by atoms with Crippen LogP contribution in [0.2, 0.25) is 5.02 Å². The van der Waals surface area contributed by atoms with Crippen molar-refractivity contribution in [3.05, 3.63) is 63.0 Å². The summed E-state index contributed by atoms with van der Waals surface area (Å²) in [5.41, 5.74) is -0.0473. The first kappa shape index (κ1) is 20.2. The predicted octanol–water partition coefficient (Wildman–Crippen LogP) is 5.18. The molecule has 2 aromatic heterocycles. The van der Waals surface area contributed by atoms with Gasteiger partial charge in [0.15, 0.2) is 5.65 Å². The molecule has 1 saturated heterocycles. The van der Waals surface area contributed by atoms with Crippen molar-refractivity contribution in [1.29, 1.82) is 0 Å². The average molecular weight is 488 g/mol. The molecule has 0 radical (unpaired) electrons. The molecule has 0 saturated carbocycles. The Kier molecular flexibility index (Phi) is 5.29. The summed E-state index contributed by atoms with van der Waals surface area (Å²) in [6, 6.07) is 7.79. The lowest BCUT2D eigenvalue weighted by molar-refractivity contribution is -0.138. The number of piperidine rings is 1. The number of pyridine rings is 1. The summed E-state index contributed by atoms with van der Waals surface area (Å²) < 4.78 is 42.8. The van der Waals surface area contributed by atoms with Crippen molar-refractivity contribution < 1.29 is 18.0 Å². The summed E-state index contributed by atoms with van der Waals surface area (Å²) in [6.07, 6.45) is -1.99. The van der Waals surface area contributed by atoms with Crippen LogP contribution in [-0.4, -0.2) is 38.5 Å². The fraction of sp³-hybridized carbons (Fsp3) is 0.316. The Morgan fingerprint density at radius 3 is 2.55 bits per heavy atom. The highest BCUT2D eigenvalue weighted by Crippen LogP contribution is 2.42. The normalized spacial score (nSPS) is 15.8. The zero-order chi connectivity index (χ0) is 20.8. The van der Waals surface area contributed by atoms with Crippen LogP contribution in [0.4, 0.5) is 13.2 Å². The first-order chi connectivity index (χ1) is 13.8. The van der Waals surface area contributed by atoms with Gasteiger partial charge in [0.05, 0.1) is 10.6 Å². The van der Waals surface area contributed by atoms with Gasteiger partial charge in [0, 0.05) is 23.8 Å². The number of benzene rings is 1. The Balaban J connectivity index is 1.54. The van der Waals surface area contributed by atoms with E-state index in [1.165, 1.54) is 18.2 Å². The molecule has 1 aliphatic rings. The third kappa shape index (κ3) is 3.85. The number of hydrogen-bond donors (Lipinski definition) is 0. The van der Waals surface area contributed by atoms with E-state index in [-0.39, 0.29) is 28.2 Å². The number of amides is 1. The summed E-state index contributed by atoms with van der Waals surface area (Å²) in [7, 11) is 0. The number of aromatic nitrogens is 3. The summed E-state index contributed by atoms with van der Waals surface area (Å²) in [5.74, 6) is -0.437. The third-order valence-electron chi connectivity index (χ3n) is 5.11. The van der Waals surface area contributed by atoms with Crippen LogP contribution in [0.25, 0.3) is 5.65 Å². The minimum absolute atomic E-state index is 0.179. The molecular weight excluding hydrogens is 473 g/mol. The van der Waals surface area contributed by atoms with E-state index in [1.54, 1.807) is 27.6 Å². The molecule has 4 rings (SSSR count). The summed E-state index contributed by atoms with van der Waals surface area (Å²) in [5, 5.41) is 7.68. The number of likely N-dealkylation sites (tertiary alicyclic amines) is 1. The van der Waals surface area contributed by atoms with Crippen LogP contribution in [0, 0.1) is 0 Å². The molecule has 0 unspecified atom stereocenters. The molecule has 152 valence electrons. The average Bonchev–Trinajstić information content (AvgIpc) is 3.09. The molecule has 1 amide bonds. The molecule has 0 aliphatic carbocycles. The fourth-order valence-corrected chi connectivity index (χ4v) is 4.35. The van der Waals surface area contributed by atoms with Gasteiger partial charge >= 0.3 is 6.18 Å². The Hall–Kier alpha value is -2.13. The molecule has 10 heteroatoms. The maximum atomic E-state index is 13.5. The van der Waals surface area contributed by atoms with Crippen molar-refractivity contribution in [2.24, 2.45) is 0 Å². The minimum atomic E-state index is -4.52. The van der Waals surface area contributed by atoms with Crippen LogP contribution in [0.5, 0.6) is 0 Å². The van der Waals surface area contributed by atoms with E-state index in [0.717, 1.165) is 4.47 Å². The molecule has 0 N–H and O–H groups in total. The van der Waals surface area contributed by atoms with Crippen LogP contribution in [0.15, 0.2) is 41.0 Å². The maximum Gasteiger partial charge on any atom is 0.418 e. The third-order valence-corrected chi connectivity index (χ3v) is 5.89. The molecule has 29 heavy (non-hydrogen) atoms. The van der Waals surface area contributed by atoms with E-state index < -0.39 is 11.7 Å². The van der Waals surface area contributed by atoms with Gasteiger partial charge < -0.3 is 4.90 Å². The van der Waals surface area contributed by atoms with Gasteiger partial charge in [-0.25, -0.2) is 0 Å². The zero-order valence-electron chi connectivity index (χ0n) is 15.0. The summed E-state index contributed by atoms with van der Waals surface area (Å²) >= 11 is 9.20. The second kappa shape index (κ2) is 7.60. The highest BCUT2D eigenvalue weighted by Gasteiger charge is 2.38. The molecule has 0 bridgehead atoms. The zero-order valence-corrected chi connectivity index (χ0v) is 17.3. The number of rotatable bonds is 2. The first-order valence-corrected chi connectivity index (χ1v) is 10.1. The van der Waals surface area contributed by atoms with E-state index >= 15 is 0 Å². The van der Waals surface area contributed by atoms with Crippen molar-refractivity contribution in [3.8, 4) is 0 Å². The molecule has 0 atom stereocenters. The van der Waals surface area contributed by atoms with Gasteiger partial charge in [-0.1, -0.05) is 23.7 Å². The lowest BCUT2D eigenvalue weighted by Gasteiger charge is -2.33. The SMILES string of the molecule is O=C(c1nnc2ccc(Br)cn12)N1CCC(c2cccc(Cl)c2C(F)(F)F)CC1. The van der Waals surface area contributed by atoms with Crippen LogP contribution >= 0.6 is 27.5 Å². The first-order valence-electron chi connectivity index (χ1n) is 8.91. The molecule has 1 fully saturated rings. The van der Waals surface area contributed by atoms with Gasteiger partial charge in [-0.05, 0) is 58.5 Å². The number of fused-ring (bicyclic) bond motifs is 1. The van der Waals surface area contributed by atoms with Crippen molar-refractivity contribution in [2.75, 3.05) is 13.1 Å². The number of carbonyl (C=O) groups excluding carboxylic acids is 1. The summed E-state index contributed by atoms with van der Waals surface area (Å²) in [4.78, 5) is 14.5. The lowest BCUT2D eigenvalue weighted by Crippen LogP contribution is -2.39. The molecule has 5 nitrogen and oxygen atoms in total. The fourth-order valence-electron chi connectivity index (χ4n) is 3.73. The minimum Gasteiger partial charge on any atom is -0.336 e.